The summed E-state index contributed by atoms with van der Waals surface area (Å²) in [6.45, 7) is 6.59. The number of unbranched alkanes of at least 4 members (excludes halogenated alkanes) is 6. The van der Waals surface area contributed by atoms with E-state index < -0.39 is 19.3 Å². The van der Waals surface area contributed by atoms with Gasteiger partial charge < -0.3 is 30.7 Å². The van der Waals surface area contributed by atoms with Gasteiger partial charge in [-0.2, -0.15) is 0 Å². The summed E-state index contributed by atoms with van der Waals surface area (Å²) in [5.41, 5.74) is 3.11. The van der Waals surface area contributed by atoms with E-state index in [1.807, 2.05) is 24.3 Å². The average molecular weight is 629 g/mol. The third-order valence-electron chi connectivity index (χ3n) is 7.67. The van der Waals surface area contributed by atoms with Crippen molar-refractivity contribution in [3.63, 3.8) is 0 Å². The molecule has 0 bridgehead atoms. The molecule has 45 heavy (non-hydrogen) atoms. The van der Waals surface area contributed by atoms with Gasteiger partial charge in [0.15, 0.2) is 0 Å². The predicted molar refractivity (Wildman–Crippen MR) is 173 cm³/mol. The molecule has 2 aliphatic heterocycles. The van der Waals surface area contributed by atoms with E-state index in [9.17, 15) is 18.8 Å². The number of nitrogens with one attached hydrogen (secondary N) is 2. The number of halogens is 1. The van der Waals surface area contributed by atoms with Crippen molar-refractivity contribution >= 4 is 25.0 Å². The van der Waals surface area contributed by atoms with Crippen molar-refractivity contribution < 1.29 is 33.9 Å². The zero-order valence-corrected chi connectivity index (χ0v) is 26.7. The number of likely N-dealkylation sites (tertiary alicyclic amines) is 1. The molecule has 12 heteroatoms. The molecule has 1 saturated heterocycles. The van der Waals surface area contributed by atoms with Crippen LogP contribution in [0.25, 0.3) is 0 Å². The van der Waals surface area contributed by atoms with Crippen LogP contribution < -0.4 is 10.6 Å². The van der Waals surface area contributed by atoms with Gasteiger partial charge in [0.25, 0.3) is 0 Å². The largest absolute Gasteiger partial charge is 0.472 e. The van der Waals surface area contributed by atoms with Crippen molar-refractivity contribution in [1.29, 1.82) is 0 Å². The molecular weight excluding hydrogens is 578 g/mol. The van der Waals surface area contributed by atoms with Crippen molar-refractivity contribution in [3.8, 4) is 0 Å². The Kier molecular flexibility index (Phi) is 17.8. The SMILES string of the molecule is CCCCCCCCC.O=C(NCB(O)O)C1CCCN1C(=O)CNCc1ccc(F)cc1.O=C(O)N1Cc2ccccc2C1. The molecule has 1 fully saturated rings. The van der Waals surface area contributed by atoms with Crippen molar-refractivity contribution in [2.45, 2.75) is 97.3 Å². The van der Waals surface area contributed by atoms with Gasteiger partial charge in [-0.05, 0) is 41.7 Å². The molecule has 0 spiro atoms. The fraction of sp³-hybridized carbons (Fsp3) is 0.545. The molecule has 4 rings (SSSR count). The van der Waals surface area contributed by atoms with E-state index in [4.69, 9.17) is 15.2 Å². The quantitative estimate of drug-likeness (QED) is 0.163. The molecule has 3 amide bonds. The van der Waals surface area contributed by atoms with Gasteiger partial charge in [-0.1, -0.05) is 95.2 Å². The lowest BCUT2D eigenvalue weighted by atomic mass is 9.92. The maximum Gasteiger partial charge on any atom is 0.472 e. The van der Waals surface area contributed by atoms with Crippen molar-refractivity contribution in [3.05, 3.63) is 71.0 Å². The normalized spacial score (nSPS) is 14.9. The van der Waals surface area contributed by atoms with Gasteiger partial charge in [0.2, 0.25) is 11.8 Å². The molecule has 0 saturated carbocycles. The lowest BCUT2D eigenvalue weighted by Gasteiger charge is -2.24. The topological polar surface area (TPSA) is 142 Å². The third kappa shape index (κ3) is 14.4. The number of nitrogens with zero attached hydrogens (tertiary/aromatic N) is 2. The van der Waals surface area contributed by atoms with E-state index in [1.165, 1.54) is 66.9 Å². The van der Waals surface area contributed by atoms with E-state index in [0.29, 0.717) is 32.6 Å². The predicted octanol–water partition coefficient (Wildman–Crippen LogP) is 4.47. The molecule has 2 aromatic rings. The Morgan fingerprint density at radius 2 is 1.49 bits per heavy atom. The molecule has 0 aliphatic carbocycles. The number of carboxylic acid groups (broad SMARTS) is 1. The Morgan fingerprint density at radius 3 is 2.02 bits per heavy atom. The fourth-order valence-corrected chi connectivity index (χ4v) is 5.16. The summed E-state index contributed by atoms with van der Waals surface area (Å²) in [4.78, 5) is 37.8. The van der Waals surface area contributed by atoms with Crippen LogP contribution in [0.1, 0.15) is 88.3 Å². The summed E-state index contributed by atoms with van der Waals surface area (Å²) in [7, 11) is -1.61. The van der Waals surface area contributed by atoms with Crippen LogP contribution in [0.4, 0.5) is 9.18 Å². The molecule has 0 aromatic heterocycles. The van der Waals surface area contributed by atoms with Crippen molar-refractivity contribution in [2.24, 2.45) is 0 Å². The Hall–Kier alpha value is -3.48. The summed E-state index contributed by atoms with van der Waals surface area (Å²) in [6.07, 6.45) is 10.1. The van der Waals surface area contributed by atoms with Crippen molar-refractivity contribution in [1.82, 2.24) is 20.4 Å². The van der Waals surface area contributed by atoms with E-state index in [-0.39, 0.29) is 30.6 Å². The highest BCUT2D eigenvalue weighted by molar-refractivity contribution is 6.41. The molecule has 1 atom stereocenters. The molecule has 2 heterocycles. The van der Waals surface area contributed by atoms with Gasteiger partial charge in [-0.25, -0.2) is 9.18 Å². The summed E-state index contributed by atoms with van der Waals surface area (Å²) in [5.74, 6) is -0.888. The van der Waals surface area contributed by atoms with Crippen LogP contribution in [0, 0.1) is 5.82 Å². The second kappa shape index (κ2) is 21.3. The monoisotopic (exact) mass is 628 g/mol. The van der Waals surface area contributed by atoms with Crippen LogP contribution in [0.15, 0.2) is 48.5 Å². The second-order valence-corrected chi connectivity index (χ2v) is 11.4. The highest BCUT2D eigenvalue weighted by Gasteiger charge is 2.34. The smallest absolute Gasteiger partial charge is 0.465 e. The third-order valence-corrected chi connectivity index (χ3v) is 7.67. The molecule has 10 nitrogen and oxygen atoms in total. The number of hydrogen-bond acceptors (Lipinski definition) is 6. The summed E-state index contributed by atoms with van der Waals surface area (Å²) in [6, 6.07) is 13.2. The lowest BCUT2D eigenvalue weighted by molar-refractivity contribution is -0.137. The van der Waals surface area contributed by atoms with E-state index >= 15 is 0 Å². The first-order chi connectivity index (χ1) is 21.7. The minimum absolute atomic E-state index is 0.0732. The number of fused-ring (bicyclic) bond motifs is 1. The lowest BCUT2D eigenvalue weighted by Crippen LogP contribution is -2.50. The average Bonchev–Trinajstić information content (AvgIpc) is 3.70. The molecule has 0 radical (unpaired) electrons. The molecule has 5 N–H and O–H groups in total. The van der Waals surface area contributed by atoms with Gasteiger partial charge in [0.05, 0.1) is 13.0 Å². The number of carbonyl (C=O) groups is 3. The first kappa shape index (κ1) is 37.7. The number of rotatable bonds is 13. The minimum Gasteiger partial charge on any atom is -0.465 e. The van der Waals surface area contributed by atoms with E-state index in [0.717, 1.165) is 23.1 Å². The van der Waals surface area contributed by atoms with Gasteiger partial charge in [-0.3, -0.25) is 14.5 Å². The highest BCUT2D eigenvalue weighted by Crippen LogP contribution is 2.21. The van der Waals surface area contributed by atoms with E-state index in [2.05, 4.69) is 24.5 Å². The van der Waals surface area contributed by atoms with Gasteiger partial charge >= 0.3 is 13.2 Å². The number of hydrogen-bond donors (Lipinski definition) is 5. The molecule has 1 unspecified atom stereocenters. The summed E-state index contributed by atoms with van der Waals surface area (Å²) in [5, 5.41) is 31.7. The zero-order valence-electron chi connectivity index (χ0n) is 26.7. The second-order valence-electron chi connectivity index (χ2n) is 11.4. The maximum atomic E-state index is 12.8. The van der Waals surface area contributed by atoms with Crippen molar-refractivity contribution in [2.75, 3.05) is 19.5 Å². The standard InChI is InChI=1S/C15H21BFN3O4.C9H9NO2.C9H20/c17-12-5-3-11(4-6-12)8-18-9-14(21)20-7-1-2-13(20)15(22)19-10-16(23)24;11-9(12)10-5-7-3-1-2-4-8(7)6-10;1-3-5-7-9-8-6-4-2/h3-6,13,18,23-24H,1-2,7-10H2,(H,19,22);1-4H,5-6H2,(H,11,12);3-9H2,1-2H3. The van der Waals surface area contributed by atoms with Crippen LogP contribution in [0.5, 0.6) is 0 Å². The molecule has 2 aromatic carbocycles. The number of amides is 3. The Labute approximate surface area is 267 Å². The first-order valence-electron chi connectivity index (χ1n) is 16.1. The molecule has 248 valence electrons. The molecule has 2 aliphatic rings. The number of carbonyl (C=O) groups excluding carboxylic acids is 2. The molecular formula is C33H50BFN4O6. The minimum atomic E-state index is -1.61. The van der Waals surface area contributed by atoms with Crippen LogP contribution in [-0.2, 0) is 29.2 Å². The highest BCUT2D eigenvalue weighted by atomic mass is 19.1. The van der Waals surface area contributed by atoms with Crippen LogP contribution >= 0.6 is 0 Å². The first-order valence-corrected chi connectivity index (χ1v) is 16.1. The van der Waals surface area contributed by atoms with Gasteiger partial charge in [0, 0.05) is 26.2 Å². The summed E-state index contributed by atoms with van der Waals surface area (Å²) >= 11 is 0. The Morgan fingerprint density at radius 1 is 0.911 bits per heavy atom. The number of benzene rings is 2. The maximum absolute atomic E-state index is 12.8. The van der Waals surface area contributed by atoms with Crippen LogP contribution in [0.2, 0.25) is 0 Å². The Bertz CT molecular complexity index is 1140. The zero-order chi connectivity index (χ0) is 33.0. The van der Waals surface area contributed by atoms with E-state index in [1.54, 1.807) is 12.1 Å². The Balaban J connectivity index is 0.000000277. The van der Waals surface area contributed by atoms with Crippen LogP contribution in [-0.4, -0.2) is 75.6 Å². The van der Waals surface area contributed by atoms with Crippen LogP contribution in [0.3, 0.4) is 0 Å². The van der Waals surface area contributed by atoms with Gasteiger partial charge in [0.1, 0.15) is 11.9 Å². The fourth-order valence-electron chi connectivity index (χ4n) is 5.16. The summed E-state index contributed by atoms with van der Waals surface area (Å²) < 4.78 is 12.8. The van der Waals surface area contributed by atoms with Gasteiger partial charge in [-0.15, -0.1) is 0 Å².